The minimum absolute atomic E-state index is 0. The number of aliphatic hydroxyl groups is 1. The van der Waals surface area contributed by atoms with Crippen molar-refractivity contribution in [1.82, 2.24) is 0 Å². The Balaban J connectivity index is -0.0000000992. The molecule has 1 fully saturated rings. The van der Waals surface area contributed by atoms with E-state index in [1.54, 1.807) is 4.90 Å². The Hall–Kier alpha value is -1.30. The second-order valence-corrected chi connectivity index (χ2v) is 3.16. The Morgan fingerprint density at radius 2 is 1.44 bits per heavy atom. The average Bonchev–Trinajstić information content (AvgIpc) is 2.20. The number of hydrogen-bond acceptors (Lipinski definition) is 5. The van der Waals surface area contributed by atoms with E-state index in [0.29, 0.717) is 6.61 Å². The van der Waals surface area contributed by atoms with Gasteiger partial charge in [-0.3, -0.25) is 0 Å². The molecular weight excluding hydrogens is 252 g/mol. The summed E-state index contributed by atoms with van der Waals surface area (Å²) in [5.74, 6) is -4.37. The number of carboxylic acid groups (broad SMARTS) is 2. The van der Waals surface area contributed by atoms with E-state index in [9.17, 15) is 0 Å². The van der Waals surface area contributed by atoms with E-state index in [2.05, 4.69) is 5.32 Å². The van der Waals surface area contributed by atoms with Gasteiger partial charge in [-0.1, -0.05) is 0 Å². The van der Waals surface area contributed by atoms with Crippen LogP contribution in [0.25, 0.3) is 0 Å². The van der Waals surface area contributed by atoms with Crippen LogP contribution in [0.15, 0.2) is 0 Å². The number of aliphatic carboxylic acids is 2. The Morgan fingerprint density at radius 3 is 1.72 bits per heavy atom. The molecule has 10 N–H and O–H groups in total. The number of carbonyl (C=O) groups excluding carboxylic acids is 2. The van der Waals surface area contributed by atoms with Gasteiger partial charge in [-0.25, -0.2) is 0 Å². The summed E-state index contributed by atoms with van der Waals surface area (Å²) in [6.45, 7) is 6.19. The molecule has 0 aromatic rings. The van der Waals surface area contributed by atoms with Gasteiger partial charge in [-0.15, -0.1) is 0 Å². The van der Waals surface area contributed by atoms with E-state index in [4.69, 9.17) is 24.9 Å². The summed E-state index contributed by atoms with van der Waals surface area (Å²) >= 11 is 0. The summed E-state index contributed by atoms with van der Waals surface area (Å²) in [4.78, 5) is 19.4. The van der Waals surface area contributed by atoms with Crippen molar-refractivity contribution in [2.45, 2.75) is 0 Å². The van der Waals surface area contributed by atoms with E-state index in [1.807, 2.05) is 0 Å². The molecule has 1 aliphatic heterocycles. The van der Waals surface area contributed by atoms with Crippen LogP contribution < -0.4 is 20.4 Å². The van der Waals surface area contributed by atoms with Gasteiger partial charge in [-0.05, 0) is 0 Å². The van der Waals surface area contributed by atoms with Crippen molar-refractivity contribution < 1.29 is 51.6 Å². The molecule has 1 saturated heterocycles. The standard InChI is InChI=1S/C6H14N2O.C2H2O4.3H2O/c9-6-5-8-3-1-7-2-4-8;3-1(4)2(5)6;;;/h7,9H,1-6H2;(H,3,4)(H,5,6);3*1H2. The fraction of sp³-hybridized carbons (Fsp3) is 0.750. The van der Waals surface area contributed by atoms with Crippen LogP contribution in [-0.2, 0) is 9.59 Å². The number of aliphatic hydroxyl groups excluding tert-OH is 1. The molecule has 1 heterocycles. The molecule has 0 atom stereocenters. The first-order valence-corrected chi connectivity index (χ1v) is 4.76. The third kappa shape index (κ3) is 14.7. The highest BCUT2D eigenvalue weighted by Crippen LogP contribution is 1.53. The molecule has 112 valence electrons. The summed E-state index contributed by atoms with van der Waals surface area (Å²) in [7, 11) is 0. The van der Waals surface area contributed by atoms with E-state index in [-0.39, 0.29) is 16.4 Å². The molecule has 0 spiro atoms. The smallest absolute Gasteiger partial charge is 0.127 e. The molecular formula is C8H22N2O8. The van der Waals surface area contributed by atoms with Crippen LogP contribution in [0, 0.1) is 0 Å². The highest BCUT2D eigenvalue weighted by molar-refractivity contribution is 6.25. The van der Waals surface area contributed by atoms with Gasteiger partial charge in [-0.2, -0.15) is 0 Å². The summed E-state index contributed by atoms with van der Waals surface area (Å²) < 4.78 is 0. The highest BCUT2D eigenvalue weighted by Gasteiger charge is 2.13. The fourth-order valence-electron chi connectivity index (χ4n) is 1.29. The lowest BCUT2D eigenvalue weighted by Crippen LogP contribution is -3.20. The van der Waals surface area contributed by atoms with Gasteiger partial charge >= 0.3 is 0 Å². The molecule has 10 heteroatoms. The Kier molecular flexibility index (Phi) is 22.3. The fourth-order valence-corrected chi connectivity index (χ4v) is 1.29. The quantitative estimate of drug-likeness (QED) is 0.416. The zero-order chi connectivity index (χ0) is 11.7. The van der Waals surface area contributed by atoms with Crippen molar-refractivity contribution in [3.05, 3.63) is 0 Å². The second kappa shape index (κ2) is 15.7. The molecule has 0 aromatic carbocycles. The van der Waals surface area contributed by atoms with Crippen LogP contribution in [0.1, 0.15) is 0 Å². The molecule has 18 heavy (non-hydrogen) atoms. The zero-order valence-corrected chi connectivity index (χ0v) is 9.90. The minimum Gasteiger partial charge on any atom is -0.543 e. The number of nitrogens with two attached hydrogens (primary N) is 1. The van der Waals surface area contributed by atoms with Gasteiger partial charge in [0.1, 0.15) is 32.7 Å². The number of quaternary nitrogens is 2. The highest BCUT2D eigenvalue weighted by atomic mass is 16.4. The van der Waals surface area contributed by atoms with Crippen LogP contribution in [-0.4, -0.2) is 72.8 Å². The molecule has 0 bridgehead atoms. The monoisotopic (exact) mass is 274 g/mol. The lowest BCUT2D eigenvalue weighted by atomic mass is 10.4. The first kappa shape index (κ1) is 25.5. The van der Waals surface area contributed by atoms with Crippen molar-refractivity contribution in [1.29, 1.82) is 0 Å². The predicted molar refractivity (Wildman–Crippen MR) is 55.2 cm³/mol. The second-order valence-electron chi connectivity index (χ2n) is 3.16. The van der Waals surface area contributed by atoms with Gasteiger partial charge in [0.25, 0.3) is 0 Å². The maximum absolute atomic E-state index is 8.93. The summed E-state index contributed by atoms with van der Waals surface area (Å²) in [6, 6.07) is 0. The average molecular weight is 274 g/mol. The summed E-state index contributed by atoms with van der Waals surface area (Å²) in [5, 5.41) is 28.8. The number of carboxylic acids is 2. The predicted octanol–water partition coefficient (Wildman–Crippen LogP) is -9.55. The van der Waals surface area contributed by atoms with Gasteiger partial charge in [0.05, 0.1) is 18.5 Å². The van der Waals surface area contributed by atoms with E-state index in [1.165, 1.54) is 26.2 Å². The van der Waals surface area contributed by atoms with Gasteiger partial charge in [0, 0.05) is 0 Å². The van der Waals surface area contributed by atoms with Crippen LogP contribution in [0.5, 0.6) is 0 Å². The minimum atomic E-state index is -2.19. The Bertz CT molecular complexity index is 193. The molecule has 0 amide bonds. The lowest BCUT2D eigenvalue weighted by molar-refractivity contribution is -0.946. The molecule has 10 nitrogen and oxygen atoms in total. The molecule has 0 saturated carbocycles. The first-order chi connectivity index (χ1) is 7.07. The van der Waals surface area contributed by atoms with Crippen molar-refractivity contribution in [3.63, 3.8) is 0 Å². The topological polar surface area (TPSA) is 216 Å². The largest absolute Gasteiger partial charge is 0.543 e. The molecule has 0 aliphatic carbocycles. The normalized spacial score (nSPS) is 13.6. The van der Waals surface area contributed by atoms with Crippen molar-refractivity contribution in [2.24, 2.45) is 0 Å². The SMILES string of the molecule is O.O.O.O=C([O-])C(=O)[O-].OCC[NH+]1CC[NH2+]CC1. The Morgan fingerprint density at radius 1 is 1.06 bits per heavy atom. The van der Waals surface area contributed by atoms with Gasteiger partial charge < -0.3 is 51.6 Å². The van der Waals surface area contributed by atoms with Crippen LogP contribution in [0.3, 0.4) is 0 Å². The number of hydrogen-bond donors (Lipinski definition) is 3. The molecule has 0 aromatic heterocycles. The maximum atomic E-state index is 8.93. The number of carbonyl (C=O) groups is 2. The third-order valence-corrected chi connectivity index (χ3v) is 2.04. The Labute approximate surface area is 104 Å². The van der Waals surface area contributed by atoms with Crippen LogP contribution in [0.2, 0.25) is 0 Å². The summed E-state index contributed by atoms with van der Waals surface area (Å²) in [5.41, 5.74) is 0. The molecule has 1 rings (SSSR count). The lowest BCUT2D eigenvalue weighted by Gasteiger charge is -2.20. The number of rotatable bonds is 2. The van der Waals surface area contributed by atoms with Gasteiger partial charge in [0.15, 0.2) is 0 Å². The number of nitrogens with one attached hydrogen (secondary N) is 1. The van der Waals surface area contributed by atoms with Crippen LogP contribution >= 0.6 is 0 Å². The maximum Gasteiger partial charge on any atom is 0.127 e. The van der Waals surface area contributed by atoms with Crippen molar-refractivity contribution >= 4 is 11.9 Å². The van der Waals surface area contributed by atoms with Gasteiger partial charge in [0.2, 0.25) is 0 Å². The first-order valence-electron chi connectivity index (χ1n) is 4.76. The van der Waals surface area contributed by atoms with E-state index in [0.717, 1.165) is 6.54 Å². The molecule has 0 unspecified atom stereocenters. The molecule has 0 radical (unpaired) electrons. The van der Waals surface area contributed by atoms with Crippen molar-refractivity contribution in [2.75, 3.05) is 39.3 Å². The van der Waals surface area contributed by atoms with Crippen molar-refractivity contribution in [3.8, 4) is 0 Å². The number of piperazine rings is 1. The zero-order valence-electron chi connectivity index (χ0n) is 9.90. The molecule has 1 aliphatic rings. The van der Waals surface area contributed by atoms with E-state index < -0.39 is 11.9 Å². The van der Waals surface area contributed by atoms with E-state index >= 15 is 0 Å². The third-order valence-electron chi connectivity index (χ3n) is 2.04. The summed E-state index contributed by atoms with van der Waals surface area (Å²) in [6.07, 6.45) is 0. The van der Waals surface area contributed by atoms with Crippen LogP contribution in [0.4, 0.5) is 0 Å².